The summed E-state index contributed by atoms with van der Waals surface area (Å²) in [6.07, 6.45) is 0. The lowest BCUT2D eigenvalue weighted by molar-refractivity contribution is -0.150. The van der Waals surface area contributed by atoms with E-state index in [1.807, 2.05) is 30.8 Å². The van der Waals surface area contributed by atoms with Crippen LogP contribution < -0.4 is 0 Å². The molecule has 2 amide bonds. The lowest BCUT2D eigenvalue weighted by atomic mass is 10.0. The Bertz CT molecular complexity index is 546. The van der Waals surface area contributed by atoms with E-state index in [1.54, 1.807) is 9.80 Å². The van der Waals surface area contributed by atoms with Crippen molar-refractivity contribution in [2.75, 3.05) is 31.9 Å². The number of carbonyl (C=O) groups excluding carboxylic acids is 2. The maximum atomic E-state index is 12.1. The van der Waals surface area contributed by atoms with Crippen molar-refractivity contribution in [3.63, 3.8) is 0 Å². The zero-order valence-corrected chi connectivity index (χ0v) is 12.4. The van der Waals surface area contributed by atoms with Crippen molar-refractivity contribution in [2.24, 2.45) is 0 Å². The lowest BCUT2D eigenvalue weighted by Gasteiger charge is -2.34. The summed E-state index contributed by atoms with van der Waals surface area (Å²) in [4.78, 5) is 28.7. The average molecular weight is 290 g/mol. The molecule has 0 saturated carbocycles. The van der Waals surface area contributed by atoms with Gasteiger partial charge < -0.3 is 9.80 Å². The first kappa shape index (κ1) is 13.5. The Morgan fingerprint density at radius 2 is 1.85 bits per heavy atom. The number of piperazine rings is 1. The van der Waals surface area contributed by atoms with Crippen LogP contribution in [0, 0.1) is 0 Å². The standard InChI is InChI=1S/C15H18N2O2S/c1-2-16-8-15(19)17(9-14(16)18)7-11-10-20-13-6-4-3-5-12(11)13/h3-6,11H,2,7-10H2,1H3. The van der Waals surface area contributed by atoms with Crippen molar-refractivity contribution in [2.45, 2.75) is 17.7 Å². The molecule has 0 N–H and O–H groups in total. The van der Waals surface area contributed by atoms with Crippen molar-refractivity contribution in [3.05, 3.63) is 29.8 Å². The van der Waals surface area contributed by atoms with Gasteiger partial charge in [-0.3, -0.25) is 9.59 Å². The first-order chi connectivity index (χ1) is 9.69. The van der Waals surface area contributed by atoms with Crippen molar-refractivity contribution in [1.29, 1.82) is 0 Å². The molecule has 0 aliphatic carbocycles. The van der Waals surface area contributed by atoms with Gasteiger partial charge >= 0.3 is 0 Å². The van der Waals surface area contributed by atoms with E-state index in [0.717, 1.165) is 5.75 Å². The lowest BCUT2D eigenvalue weighted by Crippen LogP contribution is -2.54. The molecule has 2 heterocycles. The van der Waals surface area contributed by atoms with Gasteiger partial charge in [-0.05, 0) is 18.6 Å². The minimum absolute atomic E-state index is 0.0611. The third kappa shape index (κ3) is 2.42. The van der Waals surface area contributed by atoms with E-state index in [2.05, 4.69) is 12.1 Å². The van der Waals surface area contributed by atoms with Gasteiger partial charge in [-0.25, -0.2) is 0 Å². The third-order valence-corrected chi connectivity index (χ3v) is 5.23. The Labute approximate surface area is 123 Å². The molecule has 2 aliphatic heterocycles. The molecule has 1 saturated heterocycles. The summed E-state index contributed by atoms with van der Waals surface area (Å²) in [6.45, 7) is 3.64. The van der Waals surface area contributed by atoms with E-state index in [1.165, 1.54) is 10.5 Å². The number of hydrogen-bond donors (Lipinski definition) is 0. The van der Waals surface area contributed by atoms with Gasteiger partial charge in [0.05, 0.1) is 13.1 Å². The molecule has 1 aromatic carbocycles. The van der Waals surface area contributed by atoms with Crippen LogP contribution >= 0.6 is 11.8 Å². The number of carbonyl (C=O) groups is 2. The molecule has 20 heavy (non-hydrogen) atoms. The quantitative estimate of drug-likeness (QED) is 0.848. The Kier molecular flexibility index (Phi) is 3.70. The number of rotatable bonds is 3. The molecule has 0 aromatic heterocycles. The number of amides is 2. The van der Waals surface area contributed by atoms with Gasteiger partial charge in [0.2, 0.25) is 11.8 Å². The van der Waals surface area contributed by atoms with E-state index >= 15 is 0 Å². The van der Waals surface area contributed by atoms with Gasteiger partial charge in [0.25, 0.3) is 0 Å². The van der Waals surface area contributed by atoms with Crippen LogP contribution in [0.25, 0.3) is 0 Å². The van der Waals surface area contributed by atoms with E-state index in [-0.39, 0.29) is 24.9 Å². The van der Waals surface area contributed by atoms with Crippen LogP contribution in [0.4, 0.5) is 0 Å². The summed E-state index contributed by atoms with van der Waals surface area (Å²) >= 11 is 1.84. The van der Waals surface area contributed by atoms with Gasteiger partial charge in [0.15, 0.2) is 0 Å². The van der Waals surface area contributed by atoms with Crippen molar-refractivity contribution in [1.82, 2.24) is 9.80 Å². The highest BCUT2D eigenvalue weighted by Crippen LogP contribution is 2.39. The Hall–Kier alpha value is -1.49. The molecular weight excluding hydrogens is 272 g/mol. The summed E-state index contributed by atoms with van der Waals surface area (Å²) in [5, 5.41) is 0. The Morgan fingerprint density at radius 1 is 1.15 bits per heavy atom. The minimum Gasteiger partial charge on any atom is -0.332 e. The largest absolute Gasteiger partial charge is 0.332 e. The molecule has 1 atom stereocenters. The summed E-state index contributed by atoms with van der Waals surface area (Å²) < 4.78 is 0. The zero-order chi connectivity index (χ0) is 14.1. The van der Waals surface area contributed by atoms with Crippen LogP contribution in [0.15, 0.2) is 29.2 Å². The maximum absolute atomic E-state index is 12.1. The number of thioether (sulfide) groups is 1. The second-order valence-electron chi connectivity index (χ2n) is 5.23. The summed E-state index contributed by atoms with van der Waals surface area (Å²) in [5.74, 6) is 1.47. The van der Waals surface area contributed by atoms with Crippen LogP contribution in [0.1, 0.15) is 18.4 Å². The van der Waals surface area contributed by atoms with Gasteiger partial charge in [-0.15, -0.1) is 11.8 Å². The van der Waals surface area contributed by atoms with E-state index in [9.17, 15) is 9.59 Å². The molecule has 0 spiro atoms. The maximum Gasteiger partial charge on any atom is 0.242 e. The molecule has 4 nitrogen and oxygen atoms in total. The summed E-state index contributed by atoms with van der Waals surface area (Å²) in [6, 6.07) is 8.35. The SMILES string of the molecule is CCN1CC(=O)N(CC2CSc3ccccc32)CC1=O. The smallest absolute Gasteiger partial charge is 0.242 e. The molecule has 0 bridgehead atoms. The van der Waals surface area contributed by atoms with Crippen LogP contribution in [0.5, 0.6) is 0 Å². The molecule has 2 aliphatic rings. The number of likely N-dealkylation sites (N-methyl/N-ethyl adjacent to an activating group) is 1. The number of nitrogens with zero attached hydrogens (tertiary/aromatic N) is 2. The van der Waals surface area contributed by atoms with Gasteiger partial charge in [-0.2, -0.15) is 0 Å². The van der Waals surface area contributed by atoms with E-state index in [0.29, 0.717) is 19.0 Å². The second-order valence-corrected chi connectivity index (χ2v) is 6.29. The highest BCUT2D eigenvalue weighted by molar-refractivity contribution is 7.99. The van der Waals surface area contributed by atoms with Gasteiger partial charge in [-0.1, -0.05) is 18.2 Å². The number of benzene rings is 1. The fourth-order valence-corrected chi connectivity index (χ4v) is 4.05. The molecule has 3 rings (SSSR count). The molecule has 1 fully saturated rings. The summed E-state index contributed by atoms with van der Waals surface area (Å²) in [7, 11) is 0. The molecule has 1 unspecified atom stereocenters. The first-order valence-corrected chi connectivity index (χ1v) is 7.95. The molecule has 0 radical (unpaired) electrons. The van der Waals surface area contributed by atoms with E-state index < -0.39 is 0 Å². The second kappa shape index (κ2) is 5.48. The topological polar surface area (TPSA) is 40.6 Å². The zero-order valence-electron chi connectivity index (χ0n) is 11.5. The van der Waals surface area contributed by atoms with Gasteiger partial charge in [0.1, 0.15) is 0 Å². The molecule has 1 aromatic rings. The Balaban J connectivity index is 1.70. The van der Waals surface area contributed by atoms with Gasteiger partial charge in [0, 0.05) is 29.7 Å². The van der Waals surface area contributed by atoms with Crippen LogP contribution in [0.3, 0.4) is 0 Å². The number of hydrogen-bond acceptors (Lipinski definition) is 3. The van der Waals surface area contributed by atoms with Crippen molar-refractivity contribution >= 4 is 23.6 Å². The highest BCUT2D eigenvalue weighted by Gasteiger charge is 2.32. The summed E-state index contributed by atoms with van der Waals surface area (Å²) in [5.41, 5.74) is 1.32. The fourth-order valence-electron chi connectivity index (χ4n) is 2.80. The third-order valence-electron chi connectivity index (χ3n) is 3.98. The highest BCUT2D eigenvalue weighted by atomic mass is 32.2. The minimum atomic E-state index is 0.0611. The predicted octanol–water partition coefficient (Wildman–Crippen LogP) is 1.57. The number of fused-ring (bicyclic) bond motifs is 1. The van der Waals surface area contributed by atoms with E-state index in [4.69, 9.17) is 0 Å². The van der Waals surface area contributed by atoms with Crippen molar-refractivity contribution in [3.8, 4) is 0 Å². The Morgan fingerprint density at radius 3 is 2.65 bits per heavy atom. The van der Waals surface area contributed by atoms with Crippen molar-refractivity contribution < 1.29 is 9.59 Å². The molecule has 106 valence electrons. The fraction of sp³-hybridized carbons (Fsp3) is 0.467. The van der Waals surface area contributed by atoms with Crippen LogP contribution in [-0.4, -0.2) is 53.5 Å². The molecular formula is C15H18N2O2S. The van der Waals surface area contributed by atoms with Crippen LogP contribution in [-0.2, 0) is 9.59 Å². The first-order valence-electron chi connectivity index (χ1n) is 6.96. The predicted molar refractivity (Wildman–Crippen MR) is 78.7 cm³/mol. The van der Waals surface area contributed by atoms with Crippen LogP contribution in [0.2, 0.25) is 0 Å². The monoisotopic (exact) mass is 290 g/mol. The molecule has 5 heteroatoms. The normalized spacial score (nSPS) is 22.4. The average Bonchev–Trinajstić information content (AvgIpc) is 2.86.